The Balaban J connectivity index is 5.74. The maximum absolute atomic E-state index is 11.8. The van der Waals surface area contributed by atoms with Crippen molar-refractivity contribution in [1.29, 1.82) is 0 Å². The Morgan fingerprint density at radius 3 is 1.21 bits per heavy atom. The van der Waals surface area contributed by atoms with Crippen molar-refractivity contribution in [3.8, 4) is 0 Å². The molecule has 7 N–H and O–H groups in total. The molecule has 0 fully saturated rings. The van der Waals surface area contributed by atoms with Gasteiger partial charge in [0.1, 0.15) is 0 Å². The number of carboxylic acid groups (broad SMARTS) is 3. The summed E-state index contributed by atoms with van der Waals surface area (Å²) in [6.07, 6.45) is 0. The summed E-state index contributed by atoms with van der Waals surface area (Å²) in [4.78, 5) is 60.9. The third-order valence-corrected chi connectivity index (χ3v) is 4.68. The van der Waals surface area contributed by atoms with Gasteiger partial charge in [0.25, 0.3) is 0 Å². The average Bonchev–Trinajstić information content (AvgIpc) is 2.73. The first-order chi connectivity index (χ1) is 15.5. The molecule has 0 spiro atoms. The molecule has 0 aromatic rings. The summed E-state index contributed by atoms with van der Waals surface area (Å²) in [6, 6.07) is -1.94. The van der Waals surface area contributed by atoms with Gasteiger partial charge in [-0.15, -0.1) is 0 Å². The van der Waals surface area contributed by atoms with Crippen LogP contribution in [0.4, 0.5) is 0 Å². The quantitative estimate of drug-likeness (QED) is 0.0984. The number of carbonyl (C=O) groups is 5. The monoisotopic (exact) mass is 479 g/mol. The van der Waals surface area contributed by atoms with Gasteiger partial charge in [-0.25, -0.2) is 0 Å². The van der Waals surface area contributed by atoms with Gasteiger partial charge in [-0.3, -0.25) is 38.7 Å². The topological polar surface area (TPSA) is 220 Å². The van der Waals surface area contributed by atoms with Gasteiger partial charge >= 0.3 is 17.9 Å². The Kier molecular flexibility index (Phi) is 14.5. The number of aliphatic carboxylic acids is 3. The van der Waals surface area contributed by atoms with E-state index in [4.69, 9.17) is 10.2 Å². The Hall–Kier alpha value is -2.85. The highest BCUT2D eigenvalue weighted by molar-refractivity contribution is 5.79. The molecule has 190 valence electrons. The van der Waals surface area contributed by atoms with Gasteiger partial charge < -0.3 is 36.2 Å². The number of nitrogens with zero attached hydrogens (tertiary/aromatic N) is 3. The summed E-state index contributed by atoms with van der Waals surface area (Å²) in [5, 5.41) is 51.9. The Labute approximate surface area is 190 Å². The van der Waals surface area contributed by atoms with E-state index in [0.717, 1.165) is 9.80 Å². The number of aliphatic hydroxyl groups excluding tert-OH is 2. The van der Waals surface area contributed by atoms with E-state index in [0.29, 0.717) is 0 Å². The molecule has 15 heteroatoms. The van der Waals surface area contributed by atoms with Crippen molar-refractivity contribution < 1.29 is 49.5 Å². The van der Waals surface area contributed by atoms with Crippen LogP contribution in [0.2, 0.25) is 0 Å². The van der Waals surface area contributed by atoms with Gasteiger partial charge in [-0.1, -0.05) is 0 Å². The molecule has 0 bridgehead atoms. The van der Waals surface area contributed by atoms with Gasteiger partial charge in [0.05, 0.1) is 45.9 Å². The van der Waals surface area contributed by atoms with Crippen molar-refractivity contribution in [3.05, 3.63) is 0 Å². The molecule has 0 heterocycles. The van der Waals surface area contributed by atoms with Gasteiger partial charge in [-0.2, -0.15) is 0 Å². The van der Waals surface area contributed by atoms with Crippen LogP contribution in [-0.4, -0.2) is 155 Å². The SMILES string of the molecule is CNC(=O)CN(CC(=O)O)C(CO)CN(CC(=O)O)CC(CO)N(CC(=O)O)CC(=O)NC. The maximum atomic E-state index is 11.8. The molecule has 0 aliphatic rings. The van der Waals surface area contributed by atoms with Crippen LogP contribution in [0.25, 0.3) is 0 Å². The Bertz CT molecular complexity index is 629. The first-order valence-corrected chi connectivity index (χ1v) is 9.95. The zero-order chi connectivity index (χ0) is 25.6. The Morgan fingerprint density at radius 1 is 0.636 bits per heavy atom. The minimum Gasteiger partial charge on any atom is -0.480 e. The predicted molar refractivity (Wildman–Crippen MR) is 112 cm³/mol. The average molecular weight is 479 g/mol. The lowest BCUT2D eigenvalue weighted by atomic mass is 10.1. The van der Waals surface area contributed by atoms with Crippen molar-refractivity contribution in [3.63, 3.8) is 0 Å². The van der Waals surface area contributed by atoms with E-state index in [-0.39, 0.29) is 26.2 Å². The van der Waals surface area contributed by atoms with Crippen LogP contribution in [0.3, 0.4) is 0 Å². The van der Waals surface area contributed by atoms with Crippen molar-refractivity contribution in [2.75, 3.05) is 73.1 Å². The second-order valence-electron chi connectivity index (χ2n) is 7.20. The first kappa shape index (κ1) is 30.1. The summed E-state index contributed by atoms with van der Waals surface area (Å²) in [6.45, 7) is -4.21. The van der Waals surface area contributed by atoms with E-state index in [1.807, 2.05) is 0 Å². The number of carbonyl (C=O) groups excluding carboxylic acids is 2. The molecule has 0 aromatic heterocycles. The van der Waals surface area contributed by atoms with Crippen molar-refractivity contribution >= 4 is 29.7 Å². The second-order valence-corrected chi connectivity index (χ2v) is 7.20. The predicted octanol–water partition coefficient (Wildman–Crippen LogP) is -4.64. The fraction of sp³-hybridized carbons (Fsp3) is 0.722. The van der Waals surface area contributed by atoms with E-state index in [9.17, 15) is 39.3 Å². The second kappa shape index (κ2) is 15.9. The van der Waals surface area contributed by atoms with E-state index < -0.39 is 74.7 Å². The minimum atomic E-state index is -1.27. The number of amides is 2. The number of rotatable bonds is 18. The highest BCUT2D eigenvalue weighted by atomic mass is 16.4. The third-order valence-electron chi connectivity index (χ3n) is 4.68. The summed E-state index contributed by atoms with van der Waals surface area (Å²) in [5.41, 5.74) is 0. The van der Waals surface area contributed by atoms with Gasteiger partial charge in [0, 0.05) is 39.3 Å². The molecule has 2 atom stereocenters. The molecule has 0 saturated heterocycles. The van der Waals surface area contributed by atoms with Crippen LogP contribution < -0.4 is 10.6 Å². The third kappa shape index (κ3) is 12.7. The van der Waals surface area contributed by atoms with Crippen LogP contribution in [-0.2, 0) is 24.0 Å². The molecular weight excluding hydrogens is 446 g/mol. The van der Waals surface area contributed by atoms with Crippen LogP contribution in [0.5, 0.6) is 0 Å². The highest BCUT2D eigenvalue weighted by Crippen LogP contribution is 2.08. The Morgan fingerprint density at radius 2 is 0.970 bits per heavy atom. The van der Waals surface area contributed by atoms with Crippen LogP contribution in [0, 0.1) is 0 Å². The molecule has 33 heavy (non-hydrogen) atoms. The van der Waals surface area contributed by atoms with Crippen molar-refractivity contribution in [2.24, 2.45) is 0 Å². The summed E-state index contributed by atoms with van der Waals surface area (Å²) >= 11 is 0. The molecule has 0 aliphatic heterocycles. The summed E-state index contributed by atoms with van der Waals surface area (Å²) in [5.74, 6) is -4.85. The van der Waals surface area contributed by atoms with Crippen LogP contribution >= 0.6 is 0 Å². The molecule has 0 aliphatic carbocycles. The van der Waals surface area contributed by atoms with Gasteiger partial charge in [0.15, 0.2) is 0 Å². The molecule has 0 radical (unpaired) electrons. The summed E-state index contributed by atoms with van der Waals surface area (Å²) in [7, 11) is 2.70. The zero-order valence-corrected chi connectivity index (χ0v) is 18.6. The fourth-order valence-electron chi connectivity index (χ4n) is 3.07. The molecular formula is C18H33N5O10. The smallest absolute Gasteiger partial charge is 0.317 e. The number of carboxylic acids is 3. The molecule has 0 saturated carbocycles. The molecule has 2 unspecified atom stereocenters. The standard InChI is InChI=1S/C18H33N5O10/c1-19-14(26)5-22(8-17(30)31)12(10-24)3-21(7-16(28)29)4-13(11-25)23(9-18(32)33)6-15(27)20-2/h12-13,24-25H,3-11H2,1-2H3,(H,19,26)(H,20,27)(H,28,29)(H,30,31)(H,32,33). The lowest BCUT2D eigenvalue weighted by Crippen LogP contribution is -2.55. The number of aliphatic hydroxyl groups is 2. The fourth-order valence-corrected chi connectivity index (χ4v) is 3.07. The molecule has 15 nitrogen and oxygen atoms in total. The normalized spacial score (nSPS) is 13.1. The zero-order valence-electron chi connectivity index (χ0n) is 18.6. The molecule has 0 rings (SSSR count). The van der Waals surface area contributed by atoms with Gasteiger partial charge in [0.2, 0.25) is 11.8 Å². The number of hydrogen-bond acceptors (Lipinski definition) is 10. The van der Waals surface area contributed by atoms with Gasteiger partial charge in [-0.05, 0) is 0 Å². The van der Waals surface area contributed by atoms with Crippen molar-refractivity contribution in [1.82, 2.24) is 25.3 Å². The molecule has 0 aromatic carbocycles. The first-order valence-electron chi connectivity index (χ1n) is 9.95. The maximum Gasteiger partial charge on any atom is 0.317 e. The van der Waals surface area contributed by atoms with Crippen LogP contribution in [0.1, 0.15) is 0 Å². The van der Waals surface area contributed by atoms with E-state index in [2.05, 4.69) is 10.6 Å². The number of likely N-dealkylation sites (N-methyl/N-ethyl adjacent to an activating group) is 2. The van der Waals surface area contributed by atoms with Crippen LogP contribution in [0.15, 0.2) is 0 Å². The lowest BCUT2D eigenvalue weighted by molar-refractivity contribution is -0.142. The van der Waals surface area contributed by atoms with E-state index in [1.54, 1.807) is 0 Å². The lowest BCUT2D eigenvalue weighted by Gasteiger charge is -2.36. The number of hydrogen-bond donors (Lipinski definition) is 7. The summed E-state index contributed by atoms with van der Waals surface area (Å²) < 4.78 is 0. The highest BCUT2D eigenvalue weighted by Gasteiger charge is 2.29. The van der Waals surface area contributed by atoms with E-state index in [1.165, 1.54) is 19.0 Å². The van der Waals surface area contributed by atoms with E-state index >= 15 is 0 Å². The largest absolute Gasteiger partial charge is 0.480 e. The minimum absolute atomic E-state index is 0.218. The number of nitrogens with one attached hydrogen (secondary N) is 2. The molecule has 2 amide bonds. The van der Waals surface area contributed by atoms with Crippen molar-refractivity contribution in [2.45, 2.75) is 12.1 Å².